The van der Waals surface area contributed by atoms with Gasteiger partial charge in [0.2, 0.25) is 11.9 Å². The maximum Gasteiger partial charge on any atom is 0.251 e. The molecule has 3 unspecified atom stereocenters. The van der Waals surface area contributed by atoms with Crippen molar-refractivity contribution in [2.45, 2.75) is 76.0 Å². The van der Waals surface area contributed by atoms with Crippen molar-refractivity contribution in [2.24, 2.45) is 0 Å². The minimum absolute atomic E-state index is 0.0456. The van der Waals surface area contributed by atoms with Crippen LogP contribution >= 0.6 is 0 Å². The van der Waals surface area contributed by atoms with Crippen LogP contribution in [-0.4, -0.2) is 98.0 Å². The van der Waals surface area contributed by atoms with Gasteiger partial charge in [0.25, 0.3) is 5.91 Å². The summed E-state index contributed by atoms with van der Waals surface area (Å²) in [6, 6.07) is 5.21. The minimum atomic E-state index is -0.246. The Morgan fingerprint density at radius 3 is 2.72 bits per heavy atom. The van der Waals surface area contributed by atoms with Crippen LogP contribution in [0.1, 0.15) is 62.2 Å². The second-order valence-electron chi connectivity index (χ2n) is 11.7. The molecule has 12 heteroatoms. The van der Waals surface area contributed by atoms with Gasteiger partial charge in [0.05, 0.1) is 25.0 Å². The van der Waals surface area contributed by atoms with Gasteiger partial charge >= 0.3 is 0 Å². The highest BCUT2D eigenvalue weighted by Gasteiger charge is 2.41. The number of nitrogens with one attached hydrogen (secondary N) is 3. The van der Waals surface area contributed by atoms with Crippen LogP contribution in [-0.2, 0) is 9.59 Å². The van der Waals surface area contributed by atoms with Gasteiger partial charge in [-0.05, 0) is 57.4 Å². The molecule has 3 aliphatic rings. The molecule has 0 radical (unpaired) electrons. The molecular weight excluding hydrogens is 548 g/mol. The Morgan fingerprint density at radius 2 is 2.02 bits per heavy atom. The standard InChI is InChI=1S/C31H44N8O4/c1-5-25-30(42)37(3)26-17-33-31(36-28(26)39(25)23-8-6-7-9-23)35-24-11-10-20(16-27(24)43-4)29(41)34-21-12-14-38(18-21)15-13-22(19-40)32-2/h10-11,16-17,19,21-23,25,32H,5-9,12-15,18H2,1-4H3,(H,34,41)(H,33,35,36). The van der Waals surface area contributed by atoms with Crippen LogP contribution in [0.3, 0.4) is 0 Å². The van der Waals surface area contributed by atoms with Crippen LogP contribution in [0.4, 0.5) is 23.1 Å². The number of methoxy groups -OCH3 is 1. The fourth-order valence-electron chi connectivity index (χ4n) is 6.52. The van der Waals surface area contributed by atoms with Crippen molar-refractivity contribution in [1.82, 2.24) is 25.5 Å². The van der Waals surface area contributed by atoms with Crippen molar-refractivity contribution in [3.63, 3.8) is 0 Å². The SMILES string of the molecule is CCC1C(=O)N(C)c2cnc(Nc3ccc(C(=O)NC4CCN(CCC(C=O)NC)C4)cc3OC)nc2N1C1CCCC1. The number of likely N-dealkylation sites (N-methyl/N-ethyl adjacent to an activating group) is 2. The number of ether oxygens (including phenoxy) is 1. The number of aromatic nitrogens is 2. The zero-order chi connectivity index (χ0) is 30.5. The monoisotopic (exact) mass is 592 g/mol. The van der Waals surface area contributed by atoms with Crippen LogP contribution < -0.4 is 30.5 Å². The molecule has 43 heavy (non-hydrogen) atoms. The summed E-state index contributed by atoms with van der Waals surface area (Å²) < 4.78 is 5.65. The van der Waals surface area contributed by atoms with Crippen molar-refractivity contribution in [3.8, 4) is 5.75 Å². The maximum atomic E-state index is 13.2. The van der Waals surface area contributed by atoms with E-state index in [1.807, 2.05) is 6.92 Å². The van der Waals surface area contributed by atoms with Crippen LogP contribution in [0.2, 0.25) is 0 Å². The Morgan fingerprint density at radius 1 is 1.23 bits per heavy atom. The molecule has 2 fully saturated rings. The van der Waals surface area contributed by atoms with Crippen LogP contribution in [0.15, 0.2) is 24.4 Å². The molecule has 1 saturated carbocycles. The van der Waals surface area contributed by atoms with E-state index in [0.717, 1.165) is 70.3 Å². The van der Waals surface area contributed by atoms with E-state index in [4.69, 9.17) is 9.72 Å². The minimum Gasteiger partial charge on any atom is -0.495 e. The Balaban J connectivity index is 1.28. The average Bonchev–Trinajstić information content (AvgIpc) is 3.72. The smallest absolute Gasteiger partial charge is 0.251 e. The van der Waals surface area contributed by atoms with E-state index in [0.29, 0.717) is 35.1 Å². The summed E-state index contributed by atoms with van der Waals surface area (Å²) in [7, 11) is 5.14. The fraction of sp³-hybridized carbons (Fsp3) is 0.581. The van der Waals surface area contributed by atoms with Crippen LogP contribution in [0, 0.1) is 0 Å². The van der Waals surface area contributed by atoms with E-state index in [1.54, 1.807) is 50.5 Å². The number of nitrogens with zero attached hydrogens (tertiary/aromatic N) is 5. The average molecular weight is 593 g/mol. The van der Waals surface area contributed by atoms with E-state index >= 15 is 0 Å². The maximum absolute atomic E-state index is 13.2. The summed E-state index contributed by atoms with van der Waals surface area (Å²) in [6.07, 6.45) is 9.36. The third-order valence-corrected chi connectivity index (χ3v) is 9.02. The van der Waals surface area contributed by atoms with Gasteiger partial charge in [0.15, 0.2) is 5.82 Å². The lowest BCUT2D eigenvalue weighted by Crippen LogP contribution is -2.55. The lowest BCUT2D eigenvalue weighted by molar-refractivity contribution is -0.120. The first-order valence-corrected chi connectivity index (χ1v) is 15.4. The topological polar surface area (TPSA) is 132 Å². The Labute approximate surface area is 253 Å². The molecule has 3 heterocycles. The van der Waals surface area contributed by atoms with Crippen molar-refractivity contribution < 1.29 is 19.1 Å². The highest BCUT2D eigenvalue weighted by molar-refractivity contribution is 6.04. The Hall–Kier alpha value is -3.77. The summed E-state index contributed by atoms with van der Waals surface area (Å²) in [4.78, 5) is 53.0. The van der Waals surface area contributed by atoms with Crippen LogP contribution in [0.5, 0.6) is 5.75 Å². The summed E-state index contributed by atoms with van der Waals surface area (Å²) in [5, 5.41) is 9.42. The third-order valence-electron chi connectivity index (χ3n) is 9.02. The molecule has 2 amide bonds. The predicted octanol–water partition coefficient (Wildman–Crippen LogP) is 2.71. The number of hydrogen-bond donors (Lipinski definition) is 3. The number of carbonyl (C=O) groups is 3. The van der Waals surface area contributed by atoms with Crippen molar-refractivity contribution in [3.05, 3.63) is 30.0 Å². The number of rotatable bonds is 12. The molecule has 5 rings (SSSR count). The summed E-state index contributed by atoms with van der Waals surface area (Å²) in [5.74, 6) is 1.59. The normalized spacial score (nSPS) is 21.5. The summed E-state index contributed by atoms with van der Waals surface area (Å²) in [5.41, 5.74) is 1.85. The third kappa shape index (κ3) is 6.59. The van der Waals surface area contributed by atoms with E-state index in [2.05, 4.69) is 30.7 Å². The highest BCUT2D eigenvalue weighted by Crippen LogP contribution is 2.40. The lowest BCUT2D eigenvalue weighted by Gasteiger charge is -2.43. The van der Waals surface area contributed by atoms with Crippen molar-refractivity contribution >= 4 is 41.2 Å². The van der Waals surface area contributed by atoms with Gasteiger partial charge in [0.1, 0.15) is 23.8 Å². The largest absolute Gasteiger partial charge is 0.495 e. The first kappa shape index (κ1) is 30.7. The first-order valence-electron chi connectivity index (χ1n) is 15.4. The molecule has 232 valence electrons. The highest BCUT2D eigenvalue weighted by atomic mass is 16.5. The number of aldehydes is 1. The number of carbonyl (C=O) groups excluding carboxylic acids is 3. The van der Waals surface area contributed by atoms with Gasteiger partial charge < -0.3 is 40.2 Å². The number of fused-ring (bicyclic) bond motifs is 1. The molecule has 2 aromatic rings. The van der Waals surface area contributed by atoms with Gasteiger partial charge in [-0.2, -0.15) is 4.98 Å². The van der Waals surface area contributed by atoms with E-state index in [9.17, 15) is 14.4 Å². The van der Waals surface area contributed by atoms with Gasteiger partial charge in [-0.15, -0.1) is 0 Å². The van der Waals surface area contributed by atoms with Gasteiger partial charge in [-0.25, -0.2) is 4.98 Å². The second-order valence-corrected chi connectivity index (χ2v) is 11.7. The molecule has 1 aromatic carbocycles. The zero-order valence-electron chi connectivity index (χ0n) is 25.6. The molecule has 3 N–H and O–H groups in total. The number of anilines is 4. The Bertz CT molecular complexity index is 1320. The van der Waals surface area contributed by atoms with Crippen molar-refractivity contribution in [1.29, 1.82) is 0 Å². The van der Waals surface area contributed by atoms with E-state index in [-0.39, 0.29) is 36.0 Å². The van der Waals surface area contributed by atoms with Crippen molar-refractivity contribution in [2.75, 3.05) is 56.0 Å². The molecule has 12 nitrogen and oxygen atoms in total. The van der Waals surface area contributed by atoms with Gasteiger partial charge in [-0.1, -0.05) is 19.8 Å². The molecule has 1 saturated heterocycles. The number of amides is 2. The molecule has 3 atom stereocenters. The number of hydrogen-bond acceptors (Lipinski definition) is 10. The Kier molecular flexibility index (Phi) is 9.76. The number of likely N-dealkylation sites (tertiary alicyclic amines) is 1. The zero-order valence-corrected chi connectivity index (χ0v) is 25.6. The first-order chi connectivity index (χ1) is 20.9. The molecule has 0 bridgehead atoms. The second kappa shape index (κ2) is 13.7. The van der Waals surface area contributed by atoms with E-state index in [1.165, 1.54) is 0 Å². The lowest BCUT2D eigenvalue weighted by atomic mass is 10.0. The summed E-state index contributed by atoms with van der Waals surface area (Å²) >= 11 is 0. The number of benzene rings is 1. The molecular formula is C31H44N8O4. The molecule has 2 aliphatic heterocycles. The summed E-state index contributed by atoms with van der Waals surface area (Å²) in [6.45, 7) is 4.49. The molecule has 0 spiro atoms. The van der Waals surface area contributed by atoms with Gasteiger partial charge in [-0.3, -0.25) is 9.59 Å². The van der Waals surface area contributed by atoms with Gasteiger partial charge in [0, 0.05) is 44.3 Å². The predicted molar refractivity (Wildman–Crippen MR) is 166 cm³/mol. The van der Waals surface area contributed by atoms with E-state index < -0.39 is 0 Å². The molecule has 1 aliphatic carbocycles. The van der Waals surface area contributed by atoms with Crippen LogP contribution in [0.25, 0.3) is 0 Å². The quantitative estimate of drug-likeness (QED) is 0.316. The molecule has 1 aromatic heterocycles. The fourth-order valence-corrected chi connectivity index (χ4v) is 6.52.